The predicted molar refractivity (Wildman–Crippen MR) is 543 cm³/mol. The van der Waals surface area contributed by atoms with Crippen LogP contribution in [0.5, 0.6) is 0 Å². The second kappa shape index (κ2) is 31.0. The molecule has 7 heteroatoms. The SMILES string of the molecule is CC1(C)c2ccccc2-c2ccc(-c3cccc(-c4cc(-c5ccccc5)nc(-c5cccc(-c6cccc7c6c6cc(-c8ccccc8)ccc6n7-c6ccccc6)c5)n4)c3)cc21.CC1(C)c2ccccc2-c2ccc(-c3nc(-c4cccc(-c5cccc6c5c5cc(-c7ccccc7)ccc5n6-c5ccccc5)c4)nc(-c4ccc5c(c4)C(C)(C)c4ccccc4-5)n3)cc21. The molecule has 0 aliphatic heterocycles. The molecule has 0 atom stereocenters. The Balaban J connectivity index is 0.000000145. The van der Waals surface area contributed by atoms with E-state index in [-0.39, 0.29) is 16.2 Å². The van der Waals surface area contributed by atoms with Gasteiger partial charge in [-0.1, -0.05) is 369 Å². The number of hydrogen-bond donors (Lipinski definition) is 0. The maximum absolute atomic E-state index is 5.36. The van der Waals surface area contributed by atoms with Gasteiger partial charge in [0, 0.05) is 82.5 Å². The highest BCUT2D eigenvalue weighted by molar-refractivity contribution is 6.18. The molecule has 0 unspecified atom stereocenters. The van der Waals surface area contributed by atoms with Crippen molar-refractivity contribution in [3.63, 3.8) is 0 Å². The largest absolute Gasteiger partial charge is 0.309 e. The smallest absolute Gasteiger partial charge is 0.164 e. The summed E-state index contributed by atoms with van der Waals surface area (Å²) in [6, 6.07) is 156. The highest BCUT2D eigenvalue weighted by Crippen LogP contribution is 2.54. The van der Waals surface area contributed by atoms with Gasteiger partial charge in [0.05, 0.1) is 33.5 Å². The quantitative estimate of drug-likeness (QED) is 0.115. The Morgan fingerprint density at radius 2 is 0.443 bits per heavy atom. The second-order valence-corrected chi connectivity index (χ2v) is 36.6. The molecule has 0 amide bonds. The fourth-order valence-electron chi connectivity index (χ4n) is 21.3. The summed E-state index contributed by atoms with van der Waals surface area (Å²) >= 11 is 0. The monoisotopic (exact) mass is 1680 g/mol. The third-order valence-corrected chi connectivity index (χ3v) is 27.9. The molecule has 4 aromatic heterocycles. The fourth-order valence-corrected chi connectivity index (χ4v) is 21.3. The lowest BCUT2D eigenvalue weighted by Gasteiger charge is -2.22. The highest BCUT2D eigenvalue weighted by atomic mass is 15.0. The van der Waals surface area contributed by atoms with Crippen molar-refractivity contribution in [1.82, 2.24) is 34.1 Å². The molecule has 620 valence electrons. The lowest BCUT2D eigenvalue weighted by Crippen LogP contribution is -2.15. The number of aromatic nitrogens is 7. The fraction of sp³-hybridized carbons (Fsp3) is 0.0726. The minimum absolute atomic E-state index is 0.0736. The molecule has 0 radical (unpaired) electrons. The van der Waals surface area contributed by atoms with Crippen LogP contribution < -0.4 is 0 Å². The average Bonchev–Trinajstić information content (AvgIpc) is 1.59. The van der Waals surface area contributed by atoms with Gasteiger partial charge in [-0.15, -0.1) is 0 Å². The van der Waals surface area contributed by atoms with Crippen molar-refractivity contribution in [2.24, 2.45) is 0 Å². The summed E-state index contributed by atoms with van der Waals surface area (Å²) in [5, 5.41) is 4.83. The Kier molecular flexibility index (Phi) is 18.5. The van der Waals surface area contributed by atoms with Gasteiger partial charge in [0.25, 0.3) is 0 Å². The first-order chi connectivity index (χ1) is 64.2. The van der Waals surface area contributed by atoms with Gasteiger partial charge in [0.2, 0.25) is 0 Å². The first kappa shape index (κ1) is 78.2. The van der Waals surface area contributed by atoms with Crippen molar-refractivity contribution in [3.05, 3.63) is 464 Å². The molecule has 25 rings (SSSR count). The standard InChI is InChI=1S/C63H46N4.C61H43N3/c1-62(2)52-26-13-11-23-47(52)49-32-29-43(37-54(49)62)60-64-59(65-61(66-60)44-30-33-50-48-24-12-14-27-53(48)63(3,4)55(50)38-44)42-20-15-19-41(35-42)46-25-16-28-57-58(46)51-36-40(39-17-7-5-8-18-39)31-34-56(51)67(57)45-21-9-6-10-22-45;1-61(2)53-29-13-12-27-50(53)51-33-31-44(38-54(51)61)42-21-14-23-46(35-42)56-39-55(41-19-8-4-9-20-41)62-60(63-56)47-24-15-22-45(36-47)49-28-16-30-58-59(49)52-37-43(40-17-6-3-7-18-40)32-34-57(52)64(58)48-25-10-5-11-26-48/h5-38H,1-4H3;3-39H,1-2H3. The highest BCUT2D eigenvalue weighted by Gasteiger charge is 2.39. The van der Waals surface area contributed by atoms with Crippen molar-refractivity contribution in [3.8, 4) is 168 Å². The van der Waals surface area contributed by atoms with E-state index >= 15 is 0 Å². The van der Waals surface area contributed by atoms with Crippen molar-refractivity contribution in [2.75, 3.05) is 0 Å². The average molecular weight is 1680 g/mol. The van der Waals surface area contributed by atoms with Gasteiger partial charge in [-0.25, -0.2) is 24.9 Å². The van der Waals surface area contributed by atoms with Crippen LogP contribution in [0, 0.1) is 0 Å². The van der Waals surface area contributed by atoms with Gasteiger partial charge < -0.3 is 9.13 Å². The summed E-state index contributed by atoms with van der Waals surface area (Å²) in [5.74, 6) is 2.64. The molecule has 0 N–H and O–H groups in total. The maximum Gasteiger partial charge on any atom is 0.164 e. The molecule has 3 aliphatic carbocycles. The van der Waals surface area contributed by atoms with E-state index in [2.05, 4.69) is 475 Å². The minimum atomic E-state index is -0.165. The van der Waals surface area contributed by atoms with Gasteiger partial charge in [0.15, 0.2) is 23.3 Å². The first-order valence-corrected chi connectivity index (χ1v) is 45.3. The molecule has 4 heterocycles. The zero-order valence-corrected chi connectivity index (χ0v) is 73.6. The molecule has 0 saturated heterocycles. The van der Waals surface area contributed by atoms with Crippen molar-refractivity contribution in [1.29, 1.82) is 0 Å². The molecule has 0 saturated carbocycles. The summed E-state index contributed by atoms with van der Waals surface area (Å²) in [6.45, 7) is 14.0. The van der Waals surface area contributed by atoms with E-state index in [0.29, 0.717) is 23.3 Å². The zero-order valence-electron chi connectivity index (χ0n) is 73.6. The number of hydrogen-bond acceptors (Lipinski definition) is 5. The number of rotatable bonds is 13. The summed E-state index contributed by atoms with van der Waals surface area (Å²) < 4.78 is 4.78. The van der Waals surface area contributed by atoms with Crippen LogP contribution in [0.25, 0.3) is 212 Å². The van der Waals surface area contributed by atoms with Crippen LogP contribution in [0.2, 0.25) is 0 Å². The number of fused-ring (bicyclic) bond motifs is 15. The summed E-state index contributed by atoms with van der Waals surface area (Å²) in [7, 11) is 0. The van der Waals surface area contributed by atoms with Gasteiger partial charge in [0.1, 0.15) is 0 Å². The molecule has 3 aliphatic rings. The van der Waals surface area contributed by atoms with E-state index < -0.39 is 0 Å². The normalized spacial score (nSPS) is 13.3. The van der Waals surface area contributed by atoms with Crippen molar-refractivity contribution in [2.45, 2.75) is 57.8 Å². The van der Waals surface area contributed by atoms with E-state index in [1.54, 1.807) is 0 Å². The zero-order chi connectivity index (χ0) is 87.8. The Morgan fingerprint density at radius 3 is 0.870 bits per heavy atom. The lowest BCUT2D eigenvalue weighted by molar-refractivity contribution is 0.660. The first-order valence-electron chi connectivity index (χ1n) is 45.3. The minimum Gasteiger partial charge on any atom is -0.309 e. The van der Waals surface area contributed by atoms with Crippen LogP contribution in [0.4, 0.5) is 0 Å². The summed E-state index contributed by atoms with van der Waals surface area (Å²) in [6.07, 6.45) is 0. The summed E-state index contributed by atoms with van der Waals surface area (Å²) in [5.41, 5.74) is 41.7. The van der Waals surface area contributed by atoms with E-state index in [0.717, 1.165) is 101 Å². The Hall–Kier alpha value is -16.4. The maximum atomic E-state index is 5.36. The van der Waals surface area contributed by atoms with Gasteiger partial charge in [-0.05, 0) is 226 Å². The van der Waals surface area contributed by atoms with Crippen LogP contribution in [0.15, 0.2) is 431 Å². The third kappa shape index (κ3) is 13.2. The van der Waals surface area contributed by atoms with Crippen LogP contribution in [0.3, 0.4) is 0 Å². The molecule has 7 nitrogen and oxygen atoms in total. The van der Waals surface area contributed by atoms with Crippen LogP contribution >= 0.6 is 0 Å². The molecular weight excluding hydrogens is 1590 g/mol. The van der Waals surface area contributed by atoms with E-state index in [1.807, 2.05) is 6.07 Å². The third-order valence-electron chi connectivity index (χ3n) is 27.9. The molecule has 131 heavy (non-hydrogen) atoms. The van der Waals surface area contributed by atoms with Crippen molar-refractivity contribution < 1.29 is 0 Å². The van der Waals surface area contributed by atoms with E-state index in [4.69, 9.17) is 24.9 Å². The molecule has 18 aromatic carbocycles. The van der Waals surface area contributed by atoms with Crippen LogP contribution in [0.1, 0.15) is 74.9 Å². The van der Waals surface area contributed by atoms with E-state index in [9.17, 15) is 0 Å². The predicted octanol–water partition coefficient (Wildman–Crippen LogP) is 31.8. The molecule has 0 fully saturated rings. The number of para-hydroxylation sites is 2. The van der Waals surface area contributed by atoms with Gasteiger partial charge in [-0.2, -0.15) is 0 Å². The Bertz CT molecular complexity index is 8220. The topological polar surface area (TPSA) is 74.3 Å². The van der Waals surface area contributed by atoms with Crippen LogP contribution in [-0.2, 0) is 16.2 Å². The Labute approximate surface area is 762 Å². The Morgan fingerprint density at radius 1 is 0.168 bits per heavy atom. The molecule has 0 spiro atoms. The number of benzene rings is 18. The molecular formula is C124H89N7. The van der Waals surface area contributed by atoms with E-state index in [1.165, 1.54) is 122 Å². The van der Waals surface area contributed by atoms with Crippen molar-refractivity contribution >= 4 is 43.6 Å². The number of nitrogens with zero attached hydrogens (tertiary/aromatic N) is 7. The second-order valence-electron chi connectivity index (χ2n) is 36.6. The summed E-state index contributed by atoms with van der Waals surface area (Å²) in [4.78, 5) is 26.7. The van der Waals surface area contributed by atoms with Gasteiger partial charge in [-0.3, -0.25) is 0 Å². The lowest BCUT2D eigenvalue weighted by atomic mass is 9.81. The molecule has 0 bridgehead atoms. The molecule has 22 aromatic rings. The van der Waals surface area contributed by atoms with Crippen LogP contribution in [-0.4, -0.2) is 34.1 Å². The van der Waals surface area contributed by atoms with Gasteiger partial charge >= 0.3 is 0 Å².